The van der Waals surface area contributed by atoms with Crippen LogP contribution in [0, 0.1) is 11.7 Å². The molecule has 190 valence electrons. The lowest BCUT2D eigenvalue weighted by molar-refractivity contribution is -0.133. The van der Waals surface area contributed by atoms with E-state index in [0.29, 0.717) is 44.3 Å². The molecule has 3 N–H and O–H groups in total. The van der Waals surface area contributed by atoms with Crippen LogP contribution in [0.5, 0.6) is 5.75 Å². The van der Waals surface area contributed by atoms with Gasteiger partial charge in [-0.15, -0.1) is 0 Å². The van der Waals surface area contributed by atoms with Gasteiger partial charge in [0.2, 0.25) is 18.1 Å². The van der Waals surface area contributed by atoms with Gasteiger partial charge in [-0.2, -0.15) is 0 Å². The molecule has 1 atom stereocenters. The van der Waals surface area contributed by atoms with Gasteiger partial charge in [0.25, 0.3) is 11.5 Å². The normalized spacial score (nSPS) is 24.6. The monoisotopic (exact) mass is 497 g/mol. The standard InChI is InChI=1S/C25H28FN5O5/c26-17-5-3-15(4-6-17)12-27-22(35)19-20(33)23(36)31-13-16-7-9-25(10-8-16,24(31)28-19)29-21(34)18-2-1-11-30(18)14-32/h3-6,14,16,18,33H,1-2,7-13H2,(H,27,35)(H,29,34). The van der Waals surface area contributed by atoms with E-state index in [-0.39, 0.29) is 24.2 Å². The molecule has 1 aromatic heterocycles. The van der Waals surface area contributed by atoms with Crippen LogP contribution in [-0.2, 0) is 28.2 Å². The molecule has 4 heterocycles. The minimum absolute atomic E-state index is 0.0474. The van der Waals surface area contributed by atoms with Crippen molar-refractivity contribution in [2.75, 3.05) is 6.54 Å². The number of carbonyl (C=O) groups excluding carboxylic acids is 3. The largest absolute Gasteiger partial charge is 0.501 e. The van der Waals surface area contributed by atoms with Crippen molar-refractivity contribution < 1.29 is 23.9 Å². The van der Waals surface area contributed by atoms with Crippen LogP contribution < -0.4 is 16.2 Å². The van der Waals surface area contributed by atoms with Gasteiger partial charge in [0.05, 0.1) is 5.54 Å². The lowest BCUT2D eigenvalue weighted by Gasteiger charge is -2.38. The van der Waals surface area contributed by atoms with Crippen LogP contribution in [0.2, 0.25) is 0 Å². The first-order valence-corrected chi connectivity index (χ1v) is 12.2. The van der Waals surface area contributed by atoms with E-state index in [1.807, 2.05) is 0 Å². The lowest BCUT2D eigenvalue weighted by atomic mass is 9.77. The molecule has 36 heavy (non-hydrogen) atoms. The van der Waals surface area contributed by atoms with Crippen LogP contribution in [0.4, 0.5) is 4.39 Å². The summed E-state index contributed by atoms with van der Waals surface area (Å²) in [5, 5.41) is 16.3. The highest BCUT2D eigenvalue weighted by atomic mass is 19.1. The van der Waals surface area contributed by atoms with E-state index in [9.17, 15) is 28.7 Å². The van der Waals surface area contributed by atoms with Crippen LogP contribution in [0.15, 0.2) is 29.1 Å². The number of benzene rings is 1. The van der Waals surface area contributed by atoms with Crippen LogP contribution in [0.1, 0.15) is 60.4 Å². The van der Waals surface area contributed by atoms with E-state index in [1.54, 1.807) is 0 Å². The van der Waals surface area contributed by atoms with Gasteiger partial charge in [-0.3, -0.25) is 23.7 Å². The Morgan fingerprint density at radius 2 is 1.92 bits per heavy atom. The maximum absolute atomic E-state index is 13.3. The molecule has 1 saturated heterocycles. The topological polar surface area (TPSA) is 134 Å². The summed E-state index contributed by atoms with van der Waals surface area (Å²) in [6.45, 7) is 0.900. The van der Waals surface area contributed by atoms with Gasteiger partial charge in [0, 0.05) is 19.6 Å². The molecule has 3 aliphatic heterocycles. The van der Waals surface area contributed by atoms with E-state index in [0.717, 1.165) is 19.3 Å². The molecule has 2 bridgehead atoms. The molecule has 1 saturated carbocycles. The SMILES string of the molecule is O=CN1CCCC1C(=O)NC12CCC(CC1)Cn1c2nc(C(=O)NCc2ccc(F)cc2)c(O)c1=O. The third kappa shape index (κ3) is 4.22. The summed E-state index contributed by atoms with van der Waals surface area (Å²) in [7, 11) is 0. The Kier molecular flexibility index (Phi) is 6.23. The molecule has 1 aliphatic carbocycles. The number of aromatic hydroxyl groups is 1. The number of likely N-dealkylation sites (tertiary alicyclic amines) is 1. The lowest BCUT2D eigenvalue weighted by Crippen LogP contribution is -2.54. The minimum atomic E-state index is -0.986. The minimum Gasteiger partial charge on any atom is -0.501 e. The smallest absolute Gasteiger partial charge is 0.296 e. The van der Waals surface area contributed by atoms with Crippen LogP contribution in [0.3, 0.4) is 0 Å². The predicted octanol–water partition coefficient (Wildman–Crippen LogP) is 1.15. The Bertz CT molecular complexity index is 1250. The quantitative estimate of drug-likeness (QED) is 0.513. The molecule has 10 nitrogen and oxygen atoms in total. The van der Waals surface area contributed by atoms with E-state index in [1.165, 1.54) is 33.7 Å². The van der Waals surface area contributed by atoms with Crippen LogP contribution in [-0.4, -0.2) is 50.4 Å². The van der Waals surface area contributed by atoms with E-state index in [4.69, 9.17) is 0 Å². The third-order valence-corrected chi connectivity index (χ3v) is 7.65. The highest BCUT2D eigenvalue weighted by molar-refractivity contribution is 5.94. The number of amides is 3. The Hall–Kier alpha value is -3.76. The summed E-state index contributed by atoms with van der Waals surface area (Å²) in [6.07, 6.45) is 4.52. The Morgan fingerprint density at radius 1 is 1.19 bits per heavy atom. The van der Waals surface area contributed by atoms with Gasteiger partial charge in [0.15, 0.2) is 5.69 Å². The number of rotatable bonds is 6. The summed E-state index contributed by atoms with van der Waals surface area (Å²) in [5.74, 6) is -1.77. The van der Waals surface area contributed by atoms with Crippen molar-refractivity contribution in [3.05, 3.63) is 57.5 Å². The Labute approximate surface area is 206 Å². The second kappa shape index (κ2) is 9.36. The van der Waals surface area contributed by atoms with Crippen molar-refractivity contribution in [2.45, 2.75) is 63.2 Å². The zero-order valence-corrected chi connectivity index (χ0v) is 19.7. The zero-order valence-electron chi connectivity index (χ0n) is 19.7. The number of fused-ring (bicyclic) bond motifs is 2. The van der Waals surface area contributed by atoms with Crippen molar-refractivity contribution >= 4 is 18.2 Å². The molecule has 2 aromatic rings. The molecule has 6 rings (SSSR count). The zero-order chi connectivity index (χ0) is 25.4. The fraction of sp³-hybridized carbons (Fsp3) is 0.480. The summed E-state index contributed by atoms with van der Waals surface area (Å²) in [4.78, 5) is 56.8. The van der Waals surface area contributed by atoms with E-state index < -0.39 is 40.3 Å². The molecule has 0 spiro atoms. The summed E-state index contributed by atoms with van der Waals surface area (Å²) in [5.41, 5.74) is -1.49. The average Bonchev–Trinajstić information content (AvgIpc) is 3.25. The molecule has 3 amide bonds. The van der Waals surface area contributed by atoms with E-state index in [2.05, 4.69) is 15.6 Å². The second-order valence-electron chi connectivity index (χ2n) is 9.87. The van der Waals surface area contributed by atoms with Crippen molar-refractivity contribution in [3.63, 3.8) is 0 Å². The molecule has 0 radical (unpaired) electrons. The third-order valence-electron chi connectivity index (χ3n) is 7.65. The average molecular weight is 498 g/mol. The fourth-order valence-corrected chi connectivity index (χ4v) is 5.64. The van der Waals surface area contributed by atoms with Gasteiger partial charge in [0.1, 0.15) is 17.7 Å². The molecular formula is C25H28FN5O5. The highest BCUT2D eigenvalue weighted by Crippen LogP contribution is 2.43. The van der Waals surface area contributed by atoms with Crippen LogP contribution >= 0.6 is 0 Å². The number of aromatic nitrogens is 2. The second-order valence-corrected chi connectivity index (χ2v) is 9.87. The van der Waals surface area contributed by atoms with Gasteiger partial charge < -0.3 is 20.6 Å². The molecule has 1 unspecified atom stereocenters. The molecule has 1 aromatic carbocycles. The van der Waals surface area contributed by atoms with Crippen molar-refractivity contribution in [1.29, 1.82) is 0 Å². The van der Waals surface area contributed by atoms with Crippen molar-refractivity contribution in [2.24, 2.45) is 5.92 Å². The summed E-state index contributed by atoms with van der Waals surface area (Å²) < 4.78 is 14.5. The Balaban J connectivity index is 1.47. The van der Waals surface area contributed by atoms with Crippen molar-refractivity contribution in [1.82, 2.24) is 25.1 Å². The maximum Gasteiger partial charge on any atom is 0.296 e. The first kappa shape index (κ1) is 24.0. The number of nitrogens with one attached hydrogen (secondary N) is 2. The molecular weight excluding hydrogens is 469 g/mol. The predicted molar refractivity (Wildman–Crippen MR) is 125 cm³/mol. The maximum atomic E-state index is 13.3. The number of hydrogen-bond acceptors (Lipinski definition) is 6. The fourth-order valence-electron chi connectivity index (χ4n) is 5.64. The summed E-state index contributed by atoms with van der Waals surface area (Å²) in [6, 6.07) is 4.98. The van der Waals surface area contributed by atoms with Gasteiger partial charge >= 0.3 is 0 Å². The van der Waals surface area contributed by atoms with Gasteiger partial charge in [-0.05, 0) is 62.1 Å². The number of hydrogen-bond donors (Lipinski definition) is 3. The van der Waals surface area contributed by atoms with E-state index >= 15 is 0 Å². The molecule has 4 aliphatic rings. The first-order valence-electron chi connectivity index (χ1n) is 12.2. The summed E-state index contributed by atoms with van der Waals surface area (Å²) >= 11 is 0. The Morgan fingerprint density at radius 3 is 2.61 bits per heavy atom. The molecule has 2 fully saturated rings. The van der Waals surface area contributed by atoms with Gasteiger partial charge in [-0.25, -0.2) is 9.37 Å². The first-order chi connectivity index (χ1) is 17.3. The number of carbonyl (C=O) groups is 3. The van der Waals surface area contributed by atoms with Crippen molar-refractivity contribution in [3.8, 4) is 5.75 Å². The highest BCUT2D eigenvalue weighted by Gasteiger charge is 2.47. The number of halogens is 1. The number of nitrogens with zero attached hydrogens (tertiary/aromatic N) is 3. The van der Waals surface area contributed by atoms with Gasteiger partial charge in [-0.1, -0.05) is 12.1 Å². The van der Waals surface area contributed by atoms with Crippen LogP contribution in [0.25, 0.3) is 0 Å². The molecule has 11 heteroatoms.